The second-order valence-corrected chi connectivity index (χ2v) is 5.28. The topological polar surface area (TPSA) is 69.6 Å². The van der Waals surface area contributed by atoms with Gasteiger partial charge in [0.1, 0.15) is 0 Å². The van der Waals surface area contributed by atoms with Gasteiger partial charge in [-0.15, -0.1) is 0 Å². The van der Waals surface area contributed by atoms with Crippen LogP contribution in [0.3, 0.4) is 0 Å². The van der Waals surface area contributed by atoms with Crippen LogP contribution in [0.4, 0.5) is 0 Å². The third-order valence-electron chi connectivity index (χ3n) is 4.06. The van der Waals surface area contributed by atoms with Crippen LogP contribution < -0.4 is 5.32 Å². The molecule has 5 heteroatoms. The molecule has 1 aliphatic rings. The van der Waals surface area contributed by atoms with Crippen molar-refractivity contribution in [3.63, 3.8) is 0 Å². The number of carboxylic acids is 1. The van der Waals surface area contributed by atoms with E-state index in [4.69, 9.17) is 0 Å². The summed E-state index contributed by atoms with van der Waals surface area (Å²) >= 11 is 0. The van der Waals surface area contributed by atoms with Gasteiger partial charge in [-0.1, -0.05) is 13.8 Å². The molecule has 0 saturated carbocycles. The van der Waals surface area contributed by atoms with Crippen molar-refractivity contribution in [3.8, 4) is 0 Å². The summed E-state index contributed by atoms with van der Waals surface area (Å²) in [6, 6.07) is 0.169. The Morgan fingerprint density at radius 3 is 2.39 bits per heavy atom. The number of rotatable bonds is 6. The van der Waals surface area contributed by atoms with Crippen molar-refractivity contribution in [2.24, 2.45) is 5.41 Å². The first-order chi connectivity index (χ1) is 8.43. The predicted molar refractivity (Wildman–Crippen MR) is 69.3 cm³/mol. The minimum Gasteiger partial charge on any atom is -0.481 e. The predicted octanol–water partition coefficient (Wildman–Crippen LogP) is 1.09. The second kappa shape index (κ2) is 6.18. The lowest BCUT2D eigenvalue weighted by Gasteiger charge is -2.26. The van der Waals surface area contributed by atoms with Crippen LogP contribution >= 0.6 is 0 Å². The first-order valence-corrected chi connectivity index (χ1v) is 6.65. The molecule has 1 unspecified atom stereocenters. The smallest absolute Gasteiger partial charge is 0.310 e. The van der Waals surface area contributed by atoms with E-state index in [0.717, 1.165) is 19.5 Å². The molecule has 0 aliphatic carbocycles. The van der Waals surface area contributed by atoms with E-state index in [1.54, 1.807) is 0 Å². The third kappa shape index (κ3) is 3.45. The van der Waals surface area contributed by atoms with Crippen LogP contribution in [0.5, 0.6) is 0 Å². The maximum absolute atomic E-state index is 12.0. The fourth-order valence-electron chi connectivity index (χ4n) is 2.52. The maximum atomic E-state index is 12.0. The Labute approximate surface area is 109 Å². The van der Waals surface area contributed by atoms with Gasteiger partial charge >= 0.3 is 5.97 Å². The van der Waals surface area contributed by atoms with E-state index >= 15 is 0 Å². The van der Waals surface area contributed by atoms with Crippen LogP contribution in [0, 0.1) is 5.41 Å². The number of carbonyl (C=O) groups excluding carboxylic acids is 1. The summed E-state index contributed by atoms with van der Waals surface area (Å²) in [6.45, 7) is 5.49. The third-order valence-corrected chi connectivity index (χ3v) is 4.06. The van der Waals surface area contributed by atoms with Crippen molar-refractivity contribution in [1.29, 1.82) is 0 Å². The summed E-state index contributed by atoms with van der Waals surface area (Å²) in [5.74, 6) is -1.01. The molecule has 0 bridgehead atoms. The largest absolute Gasteiger partial charge is 0.481 e. The van der Waals surface area contributed by atoms with E-state index in [2.05, 4.69) is 10.2 Å². The van der Waals surface area contributed by atoms with E-state index in [-0.39, 0.29) is 18.4 Å². The molecule has 0 radical (unpaired) electrons. The van der Waals surface area contributed by atoms with E-state index in [0.29, 0.717) is 12.8 Å². The molecule has 1 heterocycles. The lowest BCUT2D eigenvalue weighted by Crippen LogP contribution is -2.41. The highest BCUT2D eigenvalue weighted by Crippen LogP contribution is 2.31. The van der Waals surface area contributed by atoms with E-state index in [9.17, 15) is 14.7 Å². The summed E-state index contributed by atoms with van der Waals surface area (Å²) in [7, 11) is 2.02. The van der Waals surface area contributed by atoms with Gasteiger partial charge < -0.3 is 15.3 Å². The molecule has 1 saturated heterocycles. The molecule has 18 heavy (non-hydrogen) atoms. The number of hydrogen-bond donors (Lipinski definition) is 2. The molecule has 5 nitrogen and oxygen atoms in total. The van der Waals surface area contributed by atoms with Gasteiger partial charge in [0, 0.05) is 19.0 Å². The Hall–Kier alpha value is -1.10. The van der Waals surface area contributed by atoms with Crippen LogP contribution in [0.2, 0.25) is 0 Å². The molecule has 2 N–H and O–H groups in total. The summed E-state index contributed by atoms with van der Waals surface area (Å²) in [4.78, 5) is 25.4. The molecule has 1 atom stereocenters. The highest BCUT2D eigenvalue weighted by molar-refractivity contribution is 5.85. The number of aliphatic carboxylic acids is 1. The van der Waals surface area contributed by atoms with E-state index < -0.39 is 11.4 Å². The summed E-state index contributed by atoms with van der Waals surface area (Å²) < 4.78 is 0. The average molecular weight is 256 g/mol. The molecular formula is C13H24N2O3. The van der Waals surface area contributed by atoms with Gasteiger partial charge in [-0.3, -0.25) is 9.59 Å². The van der Waals surface area contributed by atoms with Crippen LogP contribution in [0.1, 0.15) is 39.5 Å². The number of nitrogens with one attached hydrogen (secondary N) is 1. The molecule has 1 aliphatic heterocycles. The van der Waals surface area contributed by atoms with Crippen molar-refractivity contribution in [3.05, 3.63) is 0 Å². The zero-order chi connectivity index (χ0) is 13.8. The van der Waals surface area contributed by atoms with Gasteiger partial charge in [0.2, 0.25) is 5.91 Å². The zero-order valence-corrected chi connectivity index (χ0v) is 11.5. The Balaban J connectivity index is 2.54. The molecule has 1 rings (SSSR count). The van der Waals surface area contributed by atoms with Crippen LogP contribution in [0.15, 0.2) is 0 Å². The minimum atomic E-state index is -0.908. The van der Waals surface area contributed by atoms with Gasteiger partial charge in [-0.05, 0) is 32.9 Å². The quantitative estimate of drug-likeness (QED) is 0.746. The number of amides is 1. The Kier molecular flexibility index (Phi) is 5.14. The van der Waals surface area contributed by atoms with Crippen molar-refractivity contribution in [2.45, 2.75) is 45.6 Å². The molecule has 104 valence electrons. The number of carbonyl (C=O) groups is 2. The van der Waals surface area contributed by atoms with Gasteiger partial charge in [-0.2, -0.15) is 0 Å². The first-order valence-electron chi connectivity index (χ1n) is 6.65. The number of hydrogen-bond acceptors (Lipinski definition) is 3. The molecule has 0 aromatic rings. The van der Waals surface area contributed by atoms with Crippen molar-refractivity contribution in [1.82, 2.24) is 10.2 Å². The molecule has 1 fully saturated rings. The standard InChI is InChI=1S/C13H24N2O3/c1-4-13(5-2,12(17)18)8-11(16)14-10-6-7-15(3)9-10/h10H,4-9H2,1-3H3,(H,14,16)(H,17,18). The fraction of sp³-hybridized carbons (Fsp3) is 0.846. The number of carboxylic acid groups (broad SMARTS) is 1. The second-order valence-electron chi connectivity index (χ2n) is 5.28. The molecule has 0 aromatic heterocycles. The molecule has 0 spiro atoms. The van der Waals surface area contributed by atoms with Gasteiger partial charge in [0.05, 0.1) is 5.41 Å². The highest BCUT2D eigenvalue weighted by Gasteiger charge is 2.37. The Morgan fingerprint density at radius 1 is 1.39 bits per heavy atom. The molecule has 0 aromatic carbocycles. The van der Waals surface area contributed by atoms with Gasteiger partial charge in [0.25, 0.3) is 0 Å². The Morgan fingerprint density at radius 2 is 2.00 bits per heavy atom. The minimum absolute atomic E-state index is 0.0789. The van der Waals surface area contributed by atoms with Crippen molar-refractivity contribution >= 4 is 11.9 Å². The van der Waals surface area contributed by atoms with Crippen molar-refractivity contribution < 1.29 is 14.7 Å². The van der Waals surface area contributed by atoms with Crippen molar-refractivity contribution in [2.75, 3.05) is 20.1 Å². The lowest BCUT2D eigenvalue weighted by atomic mass is 9.79. The van der Waals surface area contributed by atoms with Crippen LogP contribution in [-0.2, 0) is 9.59 Å². The molecular weight excluding hydrogens is 232 g/mol. The lowest BCUT2D eigenvalue weighted by molar-refractivity contribution is -0.152. The maximum Gasteiger partial charge on any atom is 0.310 e. The number of likely N-dealkylation sites (tertiary alicyclic amines) is 1. The number of nitrogens with zero attached hydrogens (tertiary/aromatic N) is 1. The van der Waals surface area contributed by atoms with Gasteiger partial charge in [-0.25, -0.2) is 0 Å². The fourth-order valence-corrected chi connectivity index (χ4v) is 2.52. The number of likely N-dealkylation sites (N-methyl/N-ethyl adjacent to an activating group) is 1. The highest BCUT2D eigenvalue weighted by atomic mass is 16.4. The summed E-state index contributed by atoms with van der Waals surface area (Å²) in [5, 5.41) is 12.2. The van der Waals surface area contributed by atoms with E-state index in [1.807, 2.05) is 20.9 Å². The van der Waals surface area contributed by atoms with Crippen LogP contribution in [-0.4, -0.2) is 48.1 Å². The zero-order valence-electron chi connectivity index (χ0n) is 11.5. The Bertz CT molecular complexity index is 313. The average Bonchev–Trinajstić information content (AvgIpc) is 2.71. The monoisotopic (exact) mass is 256 g/mol. The van der Waals surface area contributed by atoms with E-state index in [1.165, 1.54) is 0 Å². The SMILES string of the molecule is CCC(CC)(CC(=O)NC1CCN(C)C1)C(=O)O. The molecule has 1 amide bonds. The summed E-state index contributed by atoms with van der Waals surface area (Å²) in [6.07, 6.45) is 1.99. The summed E-state index contributed by atoms with van der Waals surface area (Å²) in [5.41, 5.74) is -0.908. The van der Waals surface area contributed by atoms with Crippen LogP contribution in [0.25, 0.3) is 0 Å². The van der Waals surface area contributed by atoms with Gasteiger partial charge in [0.15, 0.2) is 0 Å². The normalized spacial score (nSPS) is 20.9. The first kappa shape index (κ1) is 15.0.